The minimum absolute atomic E-state index is 0.0132. The maximum atomic E-state index is 13.0. The molecule has 0 aliphatic carbocycles. The summed E-state index contributed by atoms with van der Waals surface area (Å²) in [6.45, 7) is 0. The van der Waals surface area contributed by atoms with Crippen LogP contribution in [0.5, 0.6) is 11.5 Å². The number of nitrogens with two attached hydrogens (primary N) is 1. The quantitative estimate of drug-likeness (QED) is 0.690. The van der Waals surface area contributed by atoms with Crippen molar-refractivity contribution in [3.63, 3.8) is 0 Å². The first kappa shape index (κ1) is 15.7. The Bertz CT molecular complexity index is 681. The molecule has 2 aromatic rings. The lowest BCUT2D eigenvalue weighted by atomic mass is 10.1. The van der Waals surface area contributed by atoms with E-state index < -0.39 is 17.7 Å². The average Bonchev–Trinajstić information content (AvgIpc) is 2.48. The number of ether oxygens (including phenoxy) is 2. The third-order valence-corrected chi connectivity index (χ3v) is 2.81. The number of anilines is 1. The second-order valence-corrected chi connectivity index (χ2v) is 4.37. The van der Waals surface area contributed by atoms with Crippen LogP contribution in [0.25, 0.3) is 0 Å². The molecule has 4 nitrogen and oxygen atoms in total. The Balaban J connectivity index is 2.29. The number of hydrogen-bond acceptors (Lipinski definition) is 4. The molecule has 0 spiro atoms. The van der Waals surface area contributed by atoms with Gasteiger partial charge >= 0.3 is 12.1 Å². The van der Waals surface area contributed by atoms with Crippen LogP contribution in [0.4, 0.5) is 18.9 Å². The van der Waals surface area contributed by atoms with Crippen molar-refractivity contribution in [3.8, 4) is 11.5 Å². The molecule has 22 heavy (non-hydrogen) atoms. The summed E-state index contributed by atoms with van der Waals surface area (Å²) in [5.41, 5.74) is 4.66. The summed E-state index contributed by atoms with van der Waals surface area (Å²) in [5, 5.41) is 0. The first-order chi connectivity index (χ1) is 10.3. The first-order valence-electron chi connectivity index (χ1n) is 6.14. The van der Waals surface area contributed by atoms with Gasteiger partial charge in [-0.05, 0) is 42.5 Å². The summed E-state index contributed by atoms with van der Waals surface area (Å²) in [4.78, 5) is 11.3. The Morgan fingerprint density at radius 1 is 1.09 bits per heavy atom. The van der Waals surface area contributed by atoms with Crippen LogP contribution in [-0.2, 0) is 10.9 Å². The molecule has 0 saturated carbocycles. The number of halogens is 3. The number of nitrogen functional groups attached to an aromatic ring is 1. The Morgan fingerprint density at radius 3 is 2.27 bits per heavy atom. The Labute approximate surface area is 124 Å². The molecule has 0 saturated heterocycles. The van der Waals surface area contributed by atoms with Gasteiger partial charge in [0, 0.05) is 5.69 Å². The fraction of sp³-hybridized carbons (Fsp3) is 0.133. The highest BCUT2D eigenvalue weighted by Crippen LogP contribution is 2.39. The maximum Gasteiger partial charge on any atom is 0.420 e. The lowest BCUT2D eigenvalue weighted by molar-refractivity contribution is -0.138. The second kappa shape index (κ2) is 5.97. The largest absolute Gasteiger partial charge is 0.465 e. The van der Waals surface area contributed by atoms with Crippen LogP contribution in [0, 0.1) is 0 Å². The molecular weight excluding hydrogens is 299 g/mol. The molecule has 0 amide bonds. The lowest BCUT2D eigenvalue weighted by Gasteiger charge is -2.14. The van der Waals surface area contributed by atoms with Gasteiger partial charge in [0.1, 0.15) is 17.1 Å². The first-order valence-corrected chi connectivity index (χ1v) is 6.14. The molecule has 7 heteroatoms. The molecule has 0 aromatic heterocycles. The second-order valence-electron chi connectivity index (χ2n) is 4.37. The molecule has 0 unspecified atom stereocenters. The van der Waals surface area contributed by atoms with Crippen molar-refractivity contribution >= 4 is 11.7 Å². The SMILES string of the molecule is COC(=O)c1ccc(Oc2ccc(N)cc2C(F)(F)F)cc1. The van der Waals surface area contributed by atoms with Crippen molar-refractivity contribution in [2.45, 2.75) is 6.18 Å². The van der Waals surface area contributed by atoms with E-state index in [0.717, 1.165) is 12.1 Å². The zero-order valence-electron chi connectivity index (χ0n) is 11.5. The number of esters is 1. The van der Waals surface area contributed by atoms with E-state index in [1.807, 2.05) is 0 Å². The molecule has 0 radical (unpaired) electrons. The number of hydrogen-bond donors (Lipinski definition) is 1. The third kappa shape index (κ3) is 3.49. The fourth-order valence-corrected chi connectivity index (χ4v) is 1.76. The van der Waals surface area contributed by atoms with Crippen molar-refractivity contribution in [1.29, 1.82) is 0 Å². The maximum absolute atomic E-state index is 13.0. The van der Waals surface area contributed by atoms with E-state index in [4.69, 9.17) is 10.5 Å². The summed E-state index contributed by atoms with van der Waals surface area (Å²) < 4.78 is 48.6. The van der Waals surface area contributed by atoms with Gasteiger partial charge in [0.15, 0.2) is 0 Å². The van der Waals surface area contributed by atoms with E-state index >= 15 is 0 Å². The van der Waals surface area contributed by atoms with Crippen LogP contribution in [-0.4, -0.2) is 13.1 Å². The molecule has 0 aliphatic rings. The van der Waals surface area contributed by atoms with Crippen LogP contribution < -0.4 is 10.5 Å². The monoisotopic (exact) mass is 311 g/mol. The van der Waals surface area contributed by atoms with Gasteiger partial charge in [-0.15, -0.1) is 0 Å². The smallest absolute Gasteiger partial charge is 0.420 e. The average molecular weight is 311 g/mol. The van der Waals surface area contributed by atoms with E-state index in [0.29, 0.717) is 0 Å². The number of carbonyl (C=O) groups is 1. The summed E-state index contributed by atoms with van der Waals surface area (Å²) >= 11 is 0. The molecule has 2 rings (SSSR count). The predicted molar refractivity (Wildman–Crippen MR) is 73.7 cm³/mol. The van der Waals surface area contributed by atoms with Crippen LogP contribution in [0.15, 0.2) is 42.5 Å². The predicted octanol–water partition coefficient (Wildman–Crippen LogP) is 3.87. The summed E-state index contributed by atoms with van der Waals surface area (Å²) in [6, 6.07) is 8.81. The van der Waals surface area contributed by atoms with Gasteiger partial charge < -0.3 is 15.2 Å². The van der Waals surface area contributed by atoms with E-state index in [-0.39, 0.29) is 22.7 Å². The molecule has 0 heterocycles. The molecule has 116 valence electrons. The van der Waals surface area contributed by atoms with E-state index in [9.17, 15) is 18.0 Å². The van der Waals surface area contributed by atoms with Crippen molar-refractivity contribution in [2.24, 2.45) is 0 Å². The number of carbonyl (C=O) groups excluding carboxylic acids is 1. The van der Waals surface area contributed by atoms with E-state index in [1.54, 1.807) is 0 Å². The van der Waals surface area contributed by atoms with Gasteiger partial charge in [0.05, 0.1) is 12.7 Å². The number of rotatable bonds is 3. The van der Waals surface area contributed by atoms with Crippen molar-refractivity contribution in [3.05, 3.63) is 53.6 Å². The van der Waals surface area contributed by atoms with Gasteiger partial charge in [-0.2, -0.15) is 13.2 Å². The molecule has 0 bridgehead atoms. The van der Waals surface area contributed by atoms with Gasteiger partial charge in [-0.1, -0.05) is 0 Å². The van der Waals surface area contributed by atoms with Gasteiger partial charge in [-0.3, -0.25) is 0 Å². The Kier molecular flexibility index (Phi) is 4.25. The van der Waals surface area contributed by atoms with Crippen molar-refractivity contribution < 1.29 is 27.4 Å². The standard InChI is InChI=1S/C15H12F3NO3/c1-21-14(20)9-2-5-11(6-3-9)22-13-7-4-10(19)8-12(13)15(16,17)18/h2-8H,19H2,1H3. The highest BCUT2D eigenvalue weighted by molar-refractivity contribution is 5.89. The lowest BCUT2D eigenvalue weighted by Crippen LogP contribution is -2.08. The van der Waals surface area contributed by atoms with Crippen LogP contribution in [0.1, 0.15) is 15.9 Å². The van der Waals surface area contributed by atoms with E-state index in [1.165, 1.54) is 37.4 Å². The fourth-order valence-electron chi connectivity index (χ4n) is 1.76. The highest BCUT2D eigenvalue weighted by atomic mass is 19.4. The minimum atomic E-state index is -4.59. The summed E-state index contributed by atoms with van der Waals surface area (Å²) in [7, 11) is 1.23. The zero-order valence-corrected chi connectivity index (χ0v) is 11.5. The molecule has 2 aromatic carbocycles. The zero-order chi connectivity index (χ0) is 16.3. The van der Waals surface area contributed by atoms with Crippen molar-refractivity contribution in [1.82, 2.24) is 0 Å². The van der Waals surface area contributed by atoms with Gasteiger partial charge in [0.25, 0.3) is 0 Å². The minimum Gasteiger partial charge on any atom is -0.465 e. The number of methoxy groups -OCH3 is 1. The highest BCUT2D eigenvalue weighted by Gasteiger charge is 2.34. The third-order valence-electron chi connectivity index (χ3n) is 2.81. The molecule has 0 aliphatic heterocycles. The van der Waals surface area contributed by atoms with Gasteiger partial charge in [-0.25, -0.2) is 4.79 Å². The molecule has 2 N–H and O–H groups in total. The topological polar surface area (TPSA) is 61.5 Å². The summed E-state index contributed by atoms with van der Waals surface area (Å²) in [5.74, 6) is -0.759. The Morgan fingerprint density at radius 2 is 1.73 bits per heavy atom. The number of benzene rings is 2. The van der Waals surface area contributed by atoms with Crippen LogP contribution >= 0.6 is 0 Å². The van der Waals surface area contributed by atoms with Crippen LogP contribution in [0.2, 0.25) is 0 Å². The summed E-state index contributed by atoms with van der Waals surface area (Å²) in [6.07, 6.45) is -4.59. The molecule has 0 fully saturated rings. The van der Waals surface area contributed by atoms with Crippen molar-refractivity contribution in [2.75, 3.05) is 12.8 Å². The van der Waals surface area contributed by atoms with Gasteiger partial charge in [0.2, 0.25) is 0 Å². The van der Waals surface area contributed by atoms with Crippen LogP contribution in [0.3, 0.4) is 0 Å². The molecular formula is C15H12F3NO3. The van der Waals surface area contributed by atoms with E-state index in [2.05, 4.69) is 4.74 Å². The normalized spacial score (nSPS) is 11.1. The molecule has 0 atom stereocenters. The number of alkyl halides is 3. The Hall–Kier alpha value is -2.70.